The monoisotopic (exact) mass is 267 g/mol. The summed E-state index contributed by atoms with van der Waals surface area (Å²) in [6, 6.07) is 1.52. The Kier molecular flexibility index (Phi) is 4.21. The van der Waals surface area contributed by atoms with E-state index in [0.717, 1.165) is 0 Å². The van der Waals surface area contributed by atoms with Gasteiger partial charge in [0, 0.05) is 25.5 Å². The van der Waals surface area contributed by atoms with Crippen molar-refractivity contribution in [3.05, 3.63) is 18.5 Å². The fourth-order valence-electron chi connectivity index (χ4n) is 2.45. The van der Waals surface area contributed by atoms with Crippen LogP contribution in [0.4, 0.5) is 0 Å². The molecule has 0 aliphatic carbocycles. The second kappa shape index (κ2) is 5.71. The van der Waals surface area contributed by atoms with Gasteiger partial charge in [0.25, 0.3) is 0 Å². The Morgan fingerprint density at radius 1 is 1.47 bits per heavy atom. The van der Waals surface area contributed by atoms with Gasteiger partial charge in [0.2, 0.25) is 5.91 Å². The Labute approximate surface area is 112 Å². The summed E-state index contributed by atoms with van der Waals surface area (Å²) in [6.07, 6.45) is 4.98. The predicted octanol–water partition coefficient (Wildman–Crippen LogP) is 0.180. The molecule has 0 unspecified atom stereocenters. The molecule has 0 radical (unpaired) electrons. The maximum atomic E-state index is 12.4. The van der Waals surface area contributed by atoms with E-state index in [-0.39, 0.29) is 18.6 Å². The molecule has 0 saturated carbocycles. The summed E-state index contributed by atoms with van der Waals surface area (Å²) in [4.78, 5) is 14.2. The second-order valence-electron chi connectivity index (χ2n) is 5.12. The molecule has 106 valence electrons. The molecule has 1 aromatic heterocycles. The number of carbonyl (C=O) groups is 1. The molecule has 6 heteroatoms. The van der Waals surface area contributed by atoms with Gasteiger partial charge in [-0.25, -0.2) is 0 Å². The summed E-state index contributed by atoms with van der Waals surface area (Å²) in [5.41, 5.74) is -1.02. The van der Waals surface area contributed by atoms with E-state index in [2.05, 4.69) is 5.10 Å². The van der Waals surface area contributed by atoms with Crippen LogP contribution in [0.15, 0.2) is 18.5 Å². The number of aromatic nitrogens is 2. The van der Waals surface area contributed by atoms with E-state index in [4.69, 9.17) is 5.11 Å². The van der Waals surface area contributed by atoms with Gasteiger partial charge in [-0.1, -0.05) is 6.92 Å². The highest BCUT2D eigenvalue weighted by molar-refractivity contribution is 5.80. The third kappa shape index (κ3) is 2.96. The molecule has 6 nitrogen and oxygen atoms in total. The van der Waals surface area contributed by atoms with Gasteiger partial charge in [-0.2, -0.15) is 5.10 Å². The van der Waals surface area contributed by atoms with E-state index in [1.165, 1.54) is 0 Å². The number of hydrogen-bond acceptors (Lipinski definition) is 4. The van der Waals surface area contributed by atoms with E-state index in [0.29, 0.717) is 32.4 Å². The molecular weight excluding hydrogens is 246 g/mol. The first-order valence-electron chi connectivity index (χ1n) is 6.71. The van der Waals surface area contributed by atoms with Crippen LogP contribution in [0, 0.1) is 0 Å². The number of nitrogens with zero attached hydrogens (tertiary/aromatic N) is 3. The van der Waals surface area contributed by atoms with Crippen molar-refractivity contribution < 1.29 is 15.0 Å². The van der Waals surface area contributed by atoms with Gasteiger partial charge >= 0.3 is 0 Å². The fourth-order valence-corrected chi connectivity index (χ4v) is 2.45. The van der Waals surface area contributed by atoms with E-state index in [1.54, 1.807) is 28.0 Å². The Morgan fingerprint density at radius 2 is 2.16 bits per heavy atom. The lowest BCUT2D eigenvalue weighted by Gasteiger charge is -2.38. The second-order valence-corrected chi connectivity index (χ2v) is 5.12. The molecule has 1 aliphatic rings. The standard InChI is InChI=1S/C13H21N3O3/c1-2-11(16-7-3-6-14-16)12(18)15-8-4-13(19,10-17)5-9-15/h3,6-7,11,17,19H,2,4-5,8-10H2,1H3/t11-/m1/s1. The zero-order valence-corrected chi connectivity index (χ0v) is 11.2. The van der Waals surface area contributed by atoms with Crippen molar-refractivity contribution in [3.63, 3.8) is 0 Å². The van der Waals surface area contributed by atoms with E-state index >= 15 is 0 Å². The molecule has 1 aliphatic heterocycles. The van der Waals surface area contributed by atoms with Gasteiger partial charge in [-0.15, -0.1) is 0 Å². The number of likely N-dealkylation sites (tertiary alicyclic amines) is 1. The van der Waals surface area contributed by atoms with E-state index in [9.17, 15) is 9.90 Å². The van der Waals surface area contributed by atoms with Gasteiger partial charge in [0.15, 0.2) is 0 Å². The van der Waals surface area contributed by atoms with Crippen LogP contribution in [0.3, 0.4) is 0 Å². The van der Waals surface area contributed by atoms with E-state index in [1.807, 2.05) is 6.92 Å². The third-order valence-corrected chi connectivity index (χ3v) is 3.82. The van der Waals surface area contributed by atoms with Crippen LogP contribution >= 0.6 is 0 Å². The average molecular weight is 267 g/mol. The van der Waals surface area contributed by atoms with Crippen LogP contribution in [-0.4, -0.2) is 56.1 Å². The van der Waals surface area contributed by atoms with Crippen molar-refractivity contribution >= 4 is 5.91 Å². The van der Waals surface area contributed by atoms with Crippen molar-refractivity contribution in [1.82, 2.24) is 14.7 Å². The van der Waals surface area contributed by atoms with Crippen LogP contribution in [0.25, 0.3) is 0 Å². The highest BCUT2D eigenvalue weighted by Crippen LogP contribution is 2.24. The first-order valence-corrected chi connectivity index (χ1v) is 6.71. The van der Waals surface area contributed by atoms with Gasteiger partial charge in [-0.05, 0) is 25.3 Å². The number of aliphatic hydroxyl groups excluding tert-OH is 1. The molecule has 19 heavy (non-hydrogen) atoms. The Bertz CT molecular complexity index is 411. The largest absolute Gasteiger partial charge is 0.393 e. The molecule has 1 atom stereocenters. The summed E-state index contributed by atoms with van der Waals surface area (Å²) in [5.74, 6) is 0.0335. The molecule has 2 N–H and O–H groups in total. The van der Waals surface area contributed by atoms with Crippen molar-refractivity contribution in [2.45, 2.75) is 37.8 Å². The minimum absolute atomic E-state index is 0.0335. The van der Waals surface area contributed by atoms with Crippen LogP contribution in [0.2, 0.25) is 0 Å². The van der Waals surface area contributed by atoms with Crippen molar-refractivity contribution in [3.8, 4) is 0 Å². The molecule has 1 fully saturated rings. The molecule has 1 saturated heterocycles. The summed E-state index contributed by atoms with van der Waals surface area (Å²) in [7, 11) is 0. The number of rotatable bonds is 4. The fraction of sp³-hybridized carbons (Fsp3) is 0.692. The molecule has 0 bridgehead atoms. The lowest BCUT2D eigenvalue weighted by Crippen LogP contribution is -2.50. The van der Waals surface area contributed by atoms with Crippen LogP contribution in [0.5, 0.6) is 0 Å². The van der Waals surface area contributed by atoms with Crippen LogP contribution < -0.4 is 0 Å². The third-order valence-electron chi connectivity index (χ3n) is 3.82. The zero-order chi connectivity index (χ0) is 13.9. The van der Waals surface area contributed by atoms with Crippen molar-refractivity contribution in [2.75, 3.05) is 19.7 Å². The summed E-state index contributed by atoms with van der Waals surface area (Å²) in [6.45, 7) is 2.67. The van der Waals surface area contributed by atoms with Crippen molar-refractivity contribution in [1.29, 1.82) is 0 Å². The number of piperidine rings is 1. The highest BCUT2D eigenvalue weighted by atomic mass is 16.3. The average Bonchev–Trinajstić information content (AvgIpc) is 2.94. The van der Waals surface area contributed by atoms with Crippen LogP contribution in [-0.2, 0) is 4.79 Å². The minimum atomic E-state index is -1.02. The lowest BCUT2D eigenvalue weighted by atomic mass is 9.92. The summed E-state index contributed by atoms with van der Waals surface area (Å²) in [5, 5.41) is 23.2. The summed E-state index contributed by atoms with van der Waals surface area (Å²) >= 11 is 0. The number of carbonyl (C=O) groups excluding carboxylic acids is 1. The molecule has 2 rings (SSSR count). The Balaban J connectivity index is 2.01. The lowest BCUT2D eigenvalue weighted by molar-refractivity contribution is -0.140. The molecular formula is C13H21N3O3. The smallest absolute Gasteiger partial charge is 0.247 e. The first kappa shape index (κ1) is 14.0. The summed E-state index contributed by atoms with van der Waals surface area (Å²) < 4.78 is 1.68. The zero-order valence-electron chi connectivity index (χ0n) is 11.2. The Morgan fingerprint density at radius 3 is 2.63 bits per heavy atom. The van der Waals surface area contributed by atoms with E-state index < -0.39 is 5.60 Å². The number of amides is 1. The molecule has 1 aromatic rings. The van der Waals surface area contributed by atoms with Gasteiger partial charge < -0.3 is 15.1 Å². The molecule has 2 heterocycles. The maximum absolute atomic E-state index is 12.4. The predicted molar refractivity (Wildman–Crippen MR) is 69.4 cm³/mol. The topological polar surface area (TPSA) is 78.6 Å². The van der Waals surface area contributed by atoms with Crippen LogP contribution in [0.1, 0.15) is 32.2 Å². The first-order chi connectivity index (χ1) is 9.09. The Hall–Kier alpha value is -1.40. The number of aliphatic hydroxyl groups is 2. The maximum Gasteiger partial charge on any atom is 0.247 e. The van der Waals surface area contributed by atoms with Gasteiger partial charge in [0.1, 0.15) is 6.04 Å². The van der Waals surface area contributed by atoms with Gasteiger partial charge in [-0.3, -0.25) is 9.48 Å². The molecule has 1 amide bonds. The van der Waals surface area contributed by atoms with Gasteiger partial charge in [0.05, 0.1) is 12.2 Å². The highest BCUT2D eigenvalue weighted by Gasteiger charge is 2.35. The normalized spacial score (nSPS) is 20.3. The van der Waals surface area contributed by atoms with Crippen molar-refractivity contribution in [2.24, 2.45) is 0 Å². The quantitative estimate of drug-likeness (QED) is 0.815. The minimum Gasteiger partial charge on any atom is -0.393 e. The molecule has 0 spiro atoms. The molecule has 0 aromatic carbocycles. The number of hydrogen-bond donors (Lipinski definition) is 2. The SMILES string of the molecule is CC[C@H](C(=O)N1CCC(O)(CO)CC1)n1cccn1.